The predicted molar refractivity (Wildman–Crippen MR) is 66.3 cm³/mol. The molecule has 1 atom stereocenters. The predicted octanol–water partition coefficient (Wildman–Crippen LogP) is 2.62. The molecule has 1 aliphatic carbocycles. The average Bonchev–Trinajstić information content (AvgIpc) is 2.96. The minimum atomic E-state index is 0.402. The fourth-order valence-corrected chi connectivity index (χ4v) is 2.17. The van der Waals surface area contributed by atoms with E-state index < -0.39 is 0 Å². The van der Waals surface area contributed by atoms with Crippen LogP contribution in [0.2, 0.25) is 0 Å². The van der Waals surface area contributed by atoms with E-state index in [0.29, 0.717) is 11.5 Å². The molecule has 0 heterocycles. The number of hydrogen-bond acceptors (Lipinski definition) is 2. The molecule has 2 nitrogen and oxygen atoms in total. The van der Waals surface area contributed by atoms with E-state index in [-0.39, 0.29) is 0 Å². The Bertz CT molecular complexity index is 330. The van der Waals surface area contributed by atoms with Crippen molar-refractivity contribution in [2.75, 3.05) is 0 Å². The molecule has 0 radical (unpaired) electrons. The largest absolute Gasteiger partial charge is 0.271 e. The monoisotopic (exact) mass is 268 g/mol. The first-order valence-corrected chi connectivity index (χ1v) is 6.14. The molecule has 0 saturated heterocycles. The van der Waals surface area contributed by atoms with Crippen molar-refractivity contribution in [3.63, 3.8) is 0 Å². The van der Waals surface area contributed by atoms with Crippen LogP contribution in [0.25, 0.3) is 0 Å². The summed E-state index contributed by atoms with van der Waals surface area (Å²) in [6.07, 6.45) is 3.59. The molecule has 1 fully saturated rings. The zero-order valence-corrected chi connectivity index (χ0v) is 10.5. The lowest BCUT2D eigenvalue weighted by atomic mass is 9.93. The van der Waals surface area contributed by atoms with E-state index in [1.54, 1.807) is 0 Å². The Hall–Kier alpha value is -0.380. The third-order valence-electron chi connectivity index (χ3n) is 3.43. The molecule has 0 spiro atoms. The fraction of sp³-hybridized carbons (Fsp3) is 0.500. The topological polar surface area (TPSA) is 38.0 Å². The maximum absolute atomic E-state index is 5.62. The van der Waals surface area contributed by atoms with Crippen LogP contribution in [0.4, 0.5) is 0 Å². The SMILES string of the molecule is CC1(C(Cc2ccc(Br)cc2)NN)CC1. The van der Waals surface area contributed by atoms with Gasteiger partial charge in [-0.3, -0.25) is 11.3 Å². The van der Waals surface area contributed by atoms with Crippen molar-refractivity contribution in [3.05, 3.63) is 34.3 Å². The van der Waals surface area contributed by atoms with Crippen LogP contribution < -0.4 is 11.3 Å². The lowest BCUT2D eigenvalue weighted by Gasteiger charge is -2.22. The molecular formula is C12H17BrN2. The Morgan fingerprint density at radius 2 is 2.00 bits per heavy atom. The molecule has 1 aromatic rings. The van der Waals surface area contributed by atoms with Crippen molar-refractivity contribution in [2.45, 2.75) is 32.2 Å². The highest BCUT2D eigenvalue weighted by Crippen LogP contribution is 2.48. The van der Waals surface area contributed by atoms with Crippen LogP contribution in [-0.2, 0) is 6.42 Å². The van der Waals surface area contributed by atoms with E-state index in [2.05, 4.69) is 52.5 Å². The maximum Gasteiger partial charge on any atom is 0.0304 e. The van der Waals surface area contributed by atoms with Crippen LogP contribution in [0.5, 0.6) is 0 Å². The molecule has 2 rings (SSSR count). The number of nitrogens with two attached hydrogens (primary N) is 1. The van der Waals surface area contributed by atoms with Gasteiger partial charge in [0.2, 0.25) is 0 Å². The molecule has 0 aliphatic heterocycles. The van der Waals surface area contributed by atoms with Crippen LogP contribution in [0, 0.1) is 5.41 Å². The molecule has 15 heavy (non-hydrogen) atoms. The smallest absolute Gasteiger partial charge is 0.0304 e. The average molecular weight is 269 g/mol. The summed E-state index contributed by atoms with van der Waals surface area (Å²) in [5, 5.41) is 0. The molecule has 3 heteroatoms. The van der Waals surface area contributed by atoms with Crippen molar-refractivity contribution in [1.82, 2.24) is 5.43 Å². The third kappa shape index (κ3) is 2.60. The van der Waals surface area contributed by atoms with Crippen molar-refractivity contribution >= 4 is 15.9 Å². The number of benzene rings is 1. The Morgan fingerprint density at radius 3 is 2.47 bits per heavy atom. The molecule has 0 aromatic heterocycles. The van der Waals surface area contributed by atoms with Gasteiger partial charge in [0, 0.05) is 10.5 Å². The highest BCUT2D eigenvalue weighted by Gasteiger charge is 2.44. The molecule has 1 unspecified atom stereocenters. The quantitative estimate of drug-likeness (QED) is 0.651. The lowest BCUT2D eigenvalue weighted by molar-refractivity contribution is 0.359. The second-order valence-electron chi connectivity index (χ2n) is 4.70. The first-order chi connectivity index (χ1) is 7.14. The number of halogens is 1. The summed E-state index contributed by atoms with van der Waals surface area (Å²) < 4.78 is 1.13. The Labute approximate surface area is 99.3 Å². The molecule has 1 saturated carbocycles. The van der Waals surface area contributed by atoms with Crippen molar-refractivity contribution in [3.8, 4) is 0 Å². The van der Waals surface area contributed by atoms with E-state index in [0.717, 1.165) is 10.9 Å². The lowest BCUT2D eigenvalue weighted by Crippen LogP contribution is -2.42. The van der Waals surface area contributed by atoms with E-state index in [9.17, 15) is 0 Å². The Kier molecular flexibility index (Phi) is 3.14. The van der Waals surface area contributed by atoms with Gasteiger partial charge in [0.25, 0.3) is 0 Å². The van der Waals surface area contributed by atoms with E-state index in [1.807, 2.05) is 0 Å². The highest BCUT2D eigenvalue weighted by molar-refractivity contribution is 9.10. The standard InChI is InChI=1S/C12H17BrN2/c1-12(6-7-12)11(15-14)8-9-2-4-10(13)5-3-9/h2-5,11,15H,6-8,14H2,1H3. The van der Waals surface area contributed by atoms with Crippen LogP contribution in [0.15, 0.2) is 28.7 Å². The second-order valence-corrected chi connectivity index (χ2v) is 5.62. The summed E-state index contributed by atoms with van der Waals surface area (Å²) in [6.45, 7) is 2.30. The van der Waals surface area contributed by atoms with E-state index in [4.69, 9.17) is 5.84 Å². The molecule has 1 aliphatic rings. The van der Waals surface area contributed by atoms with Crippen LogP contribution in [-0.4, -0.2) is 6.04 Å². The summed E-state index contributed by atoms with van der Waals surface area (Å²) in [5.74, 6) is 5.62. The van der Waals surface area contributed by atoms with Gasteiger partial charge in [0.15, 0.2) is 0 Å². The number of nitrogens with one attached hydrogen (secondary N) is 1. The number of hydrazine groups is 1. The van der Waals surface area contributed by atoms with Gasteiger partial charge >= 0.3 is 0 Å². The molecule has 0 bridgehead atoms. The van der Waals surface area contributed by atoms with Crippen LogP contribution in [0.1, 0.15) is 25.3 Å². The Morgan fingerprint density at radius 1 is 1.40 bits per heavy atom. The van der Waals surface area contributed by atoms with Crippen molar-refractivity contribution in [2.24, 2.45) is 11.3 Å². The van der Waals surface area contributed by atoms with Gasteiger partial charge in [-0.05, 0) is 42.4 Å². The molecule has 82 valence electrons. The fourth-order valence-electron chi connectivity index (χ4n) is 1.91. The summed E-state index contributed by atoms with van der Waals surface area (Å²) in [5.41, 5.74) is 4.72. The second kappa shape index (κ2) is 4.24. The van der Waals surface area contributed by atoms with Gasteiger partial charge in [-0.1, -0.05) is 35.0 Å². The summed E-state index contributed by atoms with van der Waals surface area (Å²) >= 11 is 3.44. The molecule has 3 N–H and O–H groups in total. The number of hydrogen-bond donors (Lipinski definition) is 2. The minimum Gasteiger partial charge on any atom is -0.271 e. The summed E-state index contributed by atoms with van der Waals surface area (Å²) in [4.78, 5) is 0. The number of rotatable bonds is 4. The van der Waals surface area contributed by atoms with E-state index >= 15 is 0 Å². The van der Waals surface area contributed by atoms with Crippen molar-refractivity contribution in [1.29, 1.82) is 0 Å². The molecular weight excluding hydrogens is 252 g/mol. The first-order valence-electron chi connectivity index (χ1n) is 5.35. The zero-order chi connectivity index (χ0) is 10.9. The zero-order valence-electron chi connectivity index (χ0n) is 8.96. The molecule has 1 aromatic carbocycles. The summed E-state index contributed by atoms with van der Waals surface area (Å²) in [6, 6.07) is 8.87. The van der Waals surface area contributed by atoms with Crippen LogP contribution in [0.3, 0.4) is 0 Å². The van der Waals surface area contributed by atoms with Gasteiger partial charge in [-0.25, -0.2) is 0 Å². The first kappa shape index (κ1) is 11.1. The summed E-state index contributed by atoms with van der Waals surface area (Å²) in [7, 11) is 0. The third-order valence-corrected chi connectivity index (χ3v) is 3.96. The Balaban J connectivity index is 2.03. The highest BCUT2D eigenvalue weighted by atomic mass is 79.9. The molecule has 0 amide bonds. The minimum absolute atomic E-state index is 0.402. The van der Waals surface area contributed by atoms with Gasteiger partial charge in [0.1, 0.15) is 0 Å². The maximum atomic E-state index is 5.62. The van der Waals surface area contributed by atoms with Gasteiger partial charge in [-0.2, -0.15) is 0 Å². The van der Waals surface area contributed by atoms with Crippen molar-refractivity contribution < 1.29 is 0 Å². The van der Waals surface area contributed by atoms with Gasteiger partial charge in [-0.15, -0.1) is 0 Å². The van der Waals surface area contributed by atoms with Gasteiger partial charge in [0.05, 0.1) is 0 Å². The van der Waals surface area contributed by atoms with Gasteiger partial charge < -0.3 is 0 Å². The van der Waals surface area contributed by atoms with E-state index in [1.165, 1.54) is 18.4 Å². The normalized spacial score (nSPS) is 19.9. The van der Waals surface area contributed by atoms with Crippen LogP contribution >= 0.6 is 15.9 Å².